The minimum atomic E-state index is -0.295. The number of azide groups is 1. The molecular weight excluding hydrogens is 588 g/mol. The average Bonchev–Trinajstić information content (AvgIpc) is 3.05. The lowest BCUT2D eigenvalue weighted by atomic mass is 10.1. The molecule has 0 aliphatic rings. The minimum Gasteiger partial charge on any atom is -0.504 e. The number of carbonyl (C=O) groups excluding carboxylic acids is 1. The van der Waals surface area contributed by atoms with Crippen molar-refractivity contribution in [3.8, 4) is 22.8 Å². The number of hydrogen-bond acceptors (Lipinski definition) is 11. The van der Waals surface area contributed by atoms with Gasteiger partial charge in [-0.15, -0.1) is 0 Å². The van der Waals surface area contributed by atoms with Gasteiger partial charge in [0.05, 0.1) is 71.5 Å². The fraction of sp³-hybridized carbons (Fsp3) is 0.419. The minimum absolute atomic E-state index is 0.0584. The van der Waals surface area contributed by atoms with E-state index in [2.05, 4.69) is 21.9 Å². The van der Waals surface area contributed by atoms with E-state index < -0.39 is 0 Å². The van der Waals surface area contributed by atoms with Crippen LogP contribution in [-0.2, 0) is 23.7 Å². The van der Waals surface area contributed by atoms with Gasteiger partial charge in [-0.25, -0.2) is 0 Å². The Hall–Kier alpha value is -4.43. The first kappa shape index (κ1) is 35.1. The molecule has 0 bridgehead atoms. The fourth-order valence-corrected chi connectivity index (χ4v) is 3.86. The lowest BCUT2D eigenvalue weighted by molar-refractivity contribution is -0.0102. The summed E-state index contributed by atoms with van der Waals surface area (Å²) in [6, 6.07) is 10.8. The average molecular weight is 627 g/mol. The molecule has 3 aromatic rings. The zero-order valence-electron chi connectivity index (χ0n) is 25.0. The Labute approximate surface area is 260 Å². The summed E-state index contributed by atoms with van der Waals surface area (Å²) in [5.74, 6) is -0.103. The van der Waals surface area contributed by atoms with Gasteiger partial charge in [0, 0.05) is 35.2 Å². The van der Waals surface area contributed by atoms with E-state index in [0.29, 0.717) is 90.3 Å². The van der Waals surface area contributed by atoms with E-state index in [4.69, 9.17) is 38.4 Å². The van der Waals surface area contributed by atoms with Gasteiger partial charge in [0.25, 0.3) is 5.91 Å². The molecule has 2 N–H and O–H groups in total. The van der Waals surface area contributed by atoms with Crippen LogP contribution in [0.5, 0.6) is 11.5 Å². The number of rotatable bonds is 23. The third-order valence-corrected chi connectivity index (χ3v) is 6.03. The van der Waals surface area contributed by atoms with Gasteiger partial charge >= 0.3 is 0 Å². The molecule has 0 radical (unpaired) electrons. The largest absolute Gasteiger partial charge is 0.504 e. The molecule has 0 aliphatic heterocycles. The highest BCUT2D eigenvalue weighted by Crippen LogP contribution is 2.35. The second-order valence-electron chi connectivity index (χ2n) is 9.21. The SMILES string of the molecule is C=CCOc1c(O)ccc2c(=O)cc(-c3ccc(C(=O)NCCOCCOCCOCCOCCOCCN=[N+]=[N-])cc3)oc12. The van der Waals surface area contributed by atoms with Crippen LogP contribution in [0, 0.1) is 0 Å². The molecule has 45 heavy (non-hydrogen) atoms. The Balaban J connectivity index is 1.28. The van der Waals surface area contributed by atoms with Gasteiger partial charge < -0.3 is 43.3 Å². The van der Waals surface area contributed by atoms with Crippen LogP contribution in [-0.4, -0.2) is 96.8 Å². The number of amides is 1. The van der Waals surface area contributed by atoms with Crippen LogP contribution in [0.1, 0.15) is 10.4 Å². The van der Waals surface area contributed by atoms with Crippen molar-refractivity contribution in [1.82, 2.24) is 5.32 Å². The maximum atomic E-state index is 12.7. The summed E-state index contributed by atoms with van der Waals surface area (Å²) in [6.45, 7) is 8.42. The van der Waals surface area contributed by atoms with Crippen LogP contribution in [0.15, 0.2) is 69.4 Å². The number of benzene rings is 2. The number of ether oxygens (including phenoxy) is 6. The summed E-state index contributed by atoms with van der Waals surface area (Å²) >= 11 is 0. The smallest absolute Gasteiger partial charge is 0.251 e. The van der Waals surface area contributed by atoms with Gasteiger partial charge in [-0.1, -0.05) is 29.9 Å². The standard InChI is InChI=1S/C31H38N4O10/c1-2-11-44-30-26(36)8-7-25-27(37)22-28(45-29(25)30)23-3-5-24(6-4-23)31(38)33-9-12-39-14-16-41-18-20-43-21-19-42-17-15-40-13-10-34-35-32/h2-8,22,36H,1,9-21H2,(H,33,38). The van der Waals surface area contributed by atoms with E-state index in [-0.39, 0.29) is 46.2 Å². The maximum absolute atomic E-state index is 12.7. The normalized spacial score (nSPS) is 10.8. The Morgan fingerprint density at radius 3 is 2.11 bits per heavy atom. The van der Waals surface area contributed by atoms with Crippen molar-refractivity contribution in [2.45, 2.75) is 0 Å². The van der Waals surface area contributed by atoms with E-state index in [0.717, 1.165) is 0 Å². The maximum Gasteiger partial charge on any atom is 0.251 e. The zero-order valence-corrected chi connectivity index (χ0v) is 25.0. The molecule has 0 atom stereocenters. The molecular formula is C31H38N4O10. The predicted molar refractivity (Wildman–Crippen MR) is 166 cm³/mol. The molecule has 14 nitrogen and oxygen atoms in total. The zero-order chi connectivity index (χ0) is 32.1. The molecule has 0 saturated carbocycles. The fourth-order valence-electron chi connectivity index (χ4n) is 3.86. The topological polar surface area (TPSA) is 184 Å². The summed E-state index contributed by atoms with van der Waals surface area (Å²) < 4.78 is 38.4. The van der Waals surface area contributed by atoms with Gasteiger partial charge in [-0.3, -0.25) is 9.59 Å². The lowest BCUT2D eigenvalue weighted by Crippen LogP contribution is -2.27. The Kier molecular flexibility index (Phi) is 16.0. The summed E-state index contributed by atoms with van der Waals surface area (Å²) in [5.41, 5.74) is 8.98. The van der Waals surface area contributed by atoms with E-state index in [1.807, 2.05) is 0 Å². The molecule has 1 heterocycles. The Morgan fingerprint density at radius 2 is 1.51 bits per heavy atom. The van der Waals surface area contributed by atoms with Crippen LogP contribution < -0.4 is 15.5 Å². The number of aromatic hydroxyl groups is 1. The third-order valence-electron chi connectivity index (χ3n) is 6.03. The monoisotopic (exact) mass is 626 g/mol. The molecule has 242 valence electrons. The van der Waals surface area contributed by atoms with Gasteiger partial charge in [-0.2, -0.15) is 0 Å². The molecule has 0 saturated heterocycles. The summed E-state index contributed by atoms with van der Waals surface area (Å²) in [7, 11) is 0. The number of nitrogens with zero attached hydrogens (tertiary/aromatic N) is 3. The van der Waals surface area contributed by atoms with Gasteiger partial charge in [0.2, 0.25) is 5.75 Å². The molecule has 0 fully saturated rings. The number of hydrogen-bond donors (Lipinski definition) is 2. The Morgan fingerprint density at radius 1 is 0.911 bits per heavy atom. The number of nitrogens with one attached hydrogen (secondary N) is 1. The Bertz CT molecular complexity index is 1460. The second kappa shape index (κ2) is 20.5. The highest BCUT2D eigenvalue weighted by atomic mass is 16.6. The van der Waals surface area contributed by atoms with Crippen molar-refractivity contribution in [2.24, 2.45) is 5.11 Å². The number of phenols is 1. The van der Waals surface area contributed by atoms with Gasteiger partial charge in [-0.05, 0) is 29.8 Å². The summed E-state index contributed by atoms with van der Waals surface area (Å²) in [5, 5.41) is 16.6. The first-order valence-corrected chi connectivity index (χ1v) is 14.4. The molecule has 1 amide bonds. The molecule has 2 aromatic carbocycles. The van der Waals surface area contributed by atoms with Crippen LogP contribution in [0.2, 0.25) is 0 Å². The number of phenolic OH excluding ortho intramolecular Hbond substituents is 1. The van der Waals surface area contributed by atoms with Crippen molar-refractivity contribution in [2.75, 3.05) is 85.8 Å². The van der Waals surface area contributed by atoms with Crippen LogP contribution in [0.3, 0.4) is 0 Å². The van der Waals surface area contributed by atoms with E-state index in [1.54, 1.807) is 24.3 Å². The van der Waals surface area contributed by atoms with Gasteiger partial charge in [0.15, 0.2) is 16.8 Å². The first-order chi connectivity index (χ1) is 22.0. The molecule has 0 spiro atoms. The lowest BCUT2D eigenvalue weighted by Gasteiger charge is -2.10. The second-order valence-corrected chi connectivity index (χ2v) is 9.21. The van der Waals surface area contributed by atoms with Crippen molar-refractivity contribution < 1.29 is 42.7 Å². The van der Waals surface area contributed by atoms with Crippen molar-refractivity contribution in [1.29, 1.82) is 0 Å². The van der Waals surface area contributed by atoms with Crippen molar-refractivity contribution in [3.05, 3.63) is 81.3 Å². The quantitative estimate of drug-likeness (QED) is 0.0515. The summed E-state index contributed by atoms with van der Waals surface area (Å²) in [4.78, 5) is 27.9. The van der Waals surface area contributed by atoms with Crippen LogP contribution in [0.4, 0.5) is 0 Å². The van der Waals surface area contributed by atoms with Crippen molar-refractivity contribution >= 4 is 16.9 Å². The van der Waals surface area contributed by atoms with Crippen molar-refractivity contribution in [3.63, 3.8) is 0 Å². The molecule has 3 rings (SSSR count). The number of fused-ring (bicyclic) bond motifs is 1. The predicted octanol–water partition coefficient (Wildman–Crippen LogP) is 3.85. The van der Waals surface area contributed by atoms with Crippen LogP contribution in [0.25, 0.3) is 32.7 Å². The highest BCUT2D eigenvalue weighted by molar-refractivity contribution is 5.94. The van der Waals surface area contributed by atoms with Crippen LogP contribution >= 0.6 is 0 Å². The summed E-state index contributed by atoms with van der Waals surface area (Å²) in [6.07, 6.45) is 1.52. The van der Waals surface area contributed by atoms with E-state index in [1.165, 1.54) is 24.3 Å². The van der Waals surface area contributed by atoms with Gasteiger partial charge in [0.1, 0.15) is 12.4 Å². The third kappa shape index (κ3) is 12.2. The first-order valence-electron chi connectivity index (χ1n) is 14.4. The molecule has 14 heteroatoms. The molecule has 0 unspecified atom stereocenters. The molecule has 1 aromatic heterocycles. The molecule has 0 aliphatic carbocycles. The van der Waals surface area contributed by atoms with E-state index >= 15 is 0 Å². The number of carbonyl (C=O) groups is 1. The highest BCUT2D eigenvalue weighted by Gasteiger charge is 2.16. The van der Waals surface area contributed by atoms with E-state index in [9.17, 15) is 14.7 Å².